The Kier molecular flexibility index (Phi) is 10.7. The number of H-pyrrole nitrogens is 1. The van der Waals surface area contributed by atoms with Crippen molar-refractivity contribution in [1.82, 2.24) is 20.2 Å². The molecular formula is C32H45FN4O5. The second-order valence-corrected chi connectivity index (χ2v) is 11.5. The van der Waals surface area contributed by atoms with Crippen molar-refractivity contribution in [3.8, 4) is 11.5 Å². The molecular weight excluding hydrogens is 539 g/mol. The third-order valence-electron chi connectivity index (χ3n) is 8.29. The van der Waals surface area contributed by atoms with Crippen LogP contribution in [-0.2, 0) is 22.3 Å². The number of hydrogen-bond donors (Lipinski definition) is 2. The van der Waals surface area contributed by atoms with Crippen LogP contribution in [0.3, 0.4) is 0 Å². The molecule has 0 saturated heterocycles. The predicted molar refractivity (Wildman–Crippen MR) is 161 cm³/mol. The fraction of sp³-hybridized carbons (Fsp3) is 0.562. The molecule has 42 heavy (non-hydrogen) atoms. The lowest BCUT2D eigenvalue weighted by atomic mass is 9.65. The lowest BCUT2D eigenvalue weighted by Crippen LogP contribution is -2.50. The fourth-order valence-electron chi connectivity index (χ4n) is 6.32. The Bertz CT molecular complexity index is 1300. The standard InChI is InChI=1S/C32H45FN4O5/c1-21(2)28-24-10-9-23(33)20-22(24)13-14-32(28,42-31(38)34-16-19-39-4)15-18-37(3)17-7-8-27-35-29-25(40-5)11-12-26(41-6)30(29)36-27/h9-12,20-21,28H,7-8,13-19H2,1-6H3,(H,34,38)(H,35,36)/t28-,32-/m0/s1. The largest absolute Gasteiger partial charge is 0.494 e. The summed E-state index contributed by atoms with van der Waals surface area (Å²) in [6, 6.07) is 8.74. The molecule has 2 N–H and O–H groups in total. The van der Waals surface area contributed by atoms with Crippen molar-refractivity contribution >= 4 is 17.1 Å². The highest BCUT2D eigenvalue weighted by Gasteiger charge is 2.47. The first-order valence-corrected chi connectivity index (χ1v) is 14.7. The monoisotopic (exact) mass is 584 g/mol. The van der Waals surface area contributed by atoms with Gasteiger partial charge in [0.15, 0.2) is 0 Å². The zero-order valence-corrected chi connectivity index (χ0v) is 25.7. The summed E-state index contributed by atoms with van der Waals surface area (Å²) in [5, 5.41) is 2.83. The van der Waals surface area contributed by atoms with E-state index in [0.717, 1.165) is 59.7 Å². The Morgan fingerprint density at radius 1 is 1.17 bits per heavy atom. The van der Waals surface area contributed by atoms with Gasteiger partial charge in [-0.2, -0.15) is 0 Å². The first kappa shape index (κ1) is 31.6. The van der Waals surface area contributed by atoms with Gasteiger partial charge in [-0.1, -0.05) is 19.9 Å². The topological polar surface area (TPSA) is 97.9 Å². The zero-order valence-electron chi connectivity index (χ0n) is 25.7. The van der Waals surface area contributed by atoms with E-state index in [0.29, 0.717) is 38.2 Å². The number of methoxy groups -OCH3 is 3. The highest BCUT2D eigenvalue weighted by molar-refractivity contribution is 5.87. The number of fused-ring (bicyclic) bond motifs is 2. The first-order valence-electron chi connectivity index (χ1n) is 14.7. The van der Waals surface area contributed by atoms with E-state index < -0.39 is 11.7 Å². The Morgan fingerprint density at radius 2 is 1.93 bits per heavy atom. The van der Waals surface area contributed by atoms with Crippen LogP contribution in [0.1, 0.15) is 56.0 Å². The summed E-state index contributed by atoms with van der Waals surface area (Å²) >= 11 is 0. The highest BCUT2D eigenvalue weighted by Crippen LogP contribution is 2.48. The van der Waals surface area contributed by atoms with Crippen molar-refractivity contribution in [2.24, 2.45) is 5.92 Å². The number of halogens is 1. The molecule has 1 aliphatic carbocycles. The molecule has 0 unspecified atom stereocenters. The van der Waals surface area contributed by atoms with E-state index in [9.17, 15) is 9.18 Å². The van der Waals surface area contributed by atoms with Gasteiger partial charge >= 0.3 is 6.09 Å². The second-order valence-electron chi connectivity index (χ2n) is 11.5. The van der Waals surface area contributed by atoms with Gasteiger partial charge in [0, 0.05) is 39.0 Å². The van der Waals surface area contributed by atoms with Crippen LogP contribution in [0, 0.1) is 11.7 Å². The summed E-state index contributed by atoms with van der Waals surface area (Å²) in [4.78, 5) is 23.4. The molecule has 9 nitrogen and oxygen atoms in total. The number of aromatic nitrogens is 2. The van der Waals surface area contributed by atoms with Crippen molar-refractivity contribution in [3.63, 3.8) is 0 Å². The molecule has 0 spiro atoms. The molecule has 1 aliphatic rings. The summed E-state index contributed by atoms with van der Waals surface area (Å²) in [6.45, 7) is 6.66. The number of nitrogens with zero attached hydrogens (tertiary/aromatic N) is 2. The number of ether oxygens (including phenoxy) is 4. The van der Waals surface area contributed by atoms with Crippen molar-refractivity contribution in [2.75, 3.05) is 54.6 Å². The minimum absolute atomic E-state index is 0.0519. The van der Waals surface area contributed by atoms with Gasteiger partial charge in [-0.15, -0.1) is 0 Å². The SMILES string of the molecule is COCCNC(=O)O[C@]1(CCN(C)CCCc2nc3c(OC)ccc(OC)c3[nH]2)CCc2cc(F)ccc2[C@@H]1C(C)C. The Hall–Kier alpha value is -3.37. The van der Waals surface area contributed by atoms with Gasteiger partial charge in [0.2, 0.25) is 0 Å². The molecule has 0 aliphatic heterocycles. The molecule has 230 valence electrons. The molecule has 1 aromatic heterocycles. The van der Waals surface area contributed by atoms with Crippen LogP contribution in [0.5, 0.6) is 11.5 Å². The second kappa shape index (κ2) is 14.2. The predicted octanol–water partition coefficient (Wildman–Crippen LogP) is 5.47. The number of nitrogens with one attached hydrogen (secondary N) is 2. The number of benzene rings is 2. The van der Waals surface area contributed by atoms with E-state index in [1.54, 1.807) is 27.4 Å². The van der Waals surface area contributed by atoms with Crippen molar-refractivity contribution in [2.45, 2.75) is 57.5 Å². The smallest absolute Gasteiger partial charge is 0.407 e. The summed E-state index contributed by atoms with van der Waals surface area (Å²) in [5.74, 6) is 2.22. The number of hydrogen-bond acceptors (Lipinski definition) is 7. The maximum atomic E-state index is 14.1. The van der Waals surface area contributed by atoms with Gasteiger partial charge in [0.05, 0.1) is 20.8 Å². The van der Waals surface area contributed by atoms with Crippen LogP contribution in [0.2, 0.25) is 0 Å². The van der Waals surface area contributed by atoms with Crippen LogP contribution in [0.15, 0.2) is 30.3 Å². The van der Waals surface area contributed by atoms with E-state index in [1.807, 2.05) is 18.2 Å². The van der Waals surface area contributed by atoms with E-state index >= 15 is 0 Å². The van der Waals surface area contributed by atoms with Gasteiger partial charge in [0.1, 0.15) is 39.8 Å². The average Bonchev–Trinajstić information content (AvgIpc) is 3.39. The summed E-state index contributed by atoms with van der Waals surface area (Å²) in [6.07, 6.45) is 3.18. The molecule has 10 heteroatoms. The highest BCUT2D eigenvalue weighted by atomic mass is 19.1. The number of alkyl carbamates (subject to hydrolysis) is 1. The number of aromatic amines is 1. The Morgan fingerprint density at radius 3 is 2.64 bits per heavy atom. The number of carbonyl (C=O) groups excluding carboxylic acids is 1. The van der Waals surface area contributed by atoms with Crippen LogP contribution in [-0.4, -0.2) is 81.2 Å². The van der Waals surface area contributed by atoms with Crippen molar-refractivity contribution < 1.29 is 28.1 Å². The maximum Gasteiger partial charge on any atom is 0.407 e. The van der Waals surface area contributed by atoms with E-state index in [1.165, 1.54) is 6.07 Å². The number of carbonyl (C=O) groups is 1. The summed E-state index contributed by atoms with van der Waals surface area (Å²) < 4.78 is 36.5. The Labute approximate surface area is 248 Å². The maximum absolute atomic E-state index is 14.1. The van der Waals surface area contributed by atoms with Gasteiger partial charge in [0.25, 0.3) is 0 Å². The molecule has 0 radical (unpaired) electrons. The molecule has 2 aromatic carbocycles. The fourth-order valence-corrected chi connectivity index (χ4v) is 6.32. The molecule has 1 amide bonds. The van der Waals surface area contributed by atoms with Crippen molar-refractivity contribution in [1.29, 1.82) is 0 Å². The number of imidazole rings is 1. The third-order valence-corrected chi connectivity index (χ3v) is 8.29. The van der Waals surface area contributed by atoms with Crippen LogP contribution < -0.4 is 14.8 Å². The van der Waals surface area contributed by atoms with Crippen LogP contribution in [0.25, 0.3) is 11.0 Å². The summed E-state index contributed by atoms with van der Waals surface area (Å²) in [5.41, 5.74) is 2.96. The number of amides is 1. The first-order chi connectivity index (χ1) is 20.2. The van der Waals surface area contributed by atoms with Gasteiger partial charge in [-0.05, 0) is 74.2 Å². The van der Waals surface area contributed by atoms with E-state index in [-0.39, 0.29) is 17.7 Å². The lowest BCUT2D eigenvalue weighted by Gasteiger charge is -2.47. The normalized spacial score (nSPS) is 18.4. The zero-order chi connectivity index (χ0) is 30.3. The lowest BCUT2D eigenvalue weighted by molar-refractivity contribution is -0.0446. The van der Waals surface area contributed by atoms with Gasteiger partial charge in [-0.25, -0.2) is 14.2 Å². The molecule has 0 fully saturated rings. The minimum atomic E-state index is -0.712. The number of rotatable bonds is 14. The van der Waals surface area contributed by atoms with Crippen LogP contribution >= 0.6 is 0 Å². The Balaban J connectivity index is 1.45. The van der Waals surface area contributed by atoms with Crippen molar-refractivity contribution in [3.05, 3.63) is 53.1 Å². The quantitative estimate of drug-likeness (QED) is 0.243. The molecule has 4 rings (SSSR count). The molecule has 1 heterocycles. The third kappa shape index (κ3) is 7.15. The van der Waals surface area contributed by atoms with Gasteiger partial charge < -0.3 is 34.1 Å². The summed E-state index contributed by atoms with van der Waals surface area (Å²) in [7, 11) is 6.96. The molecule has 0 bridgehead atoms. The minimum Gasteiger partial charge on any atom is -0.494 e. The van der Waals surface area contributed by atoms with Crippen LogP contribution in [0.4, 0.5) is 9.18 Å². The molecule has 0 saturated carbocycles. The molecule has 2 atom stereocenters. The number of aryl methyl sites for hydroxylation is 2. The van der Waals surface area contributed by atoms with Gasteiger partial charge in [-0.3, -0.25) is 0 Å². The molecule has 3 aromatic rings. The van der Waals surface area contributed by atoms with E-state index in [4.69, 9.17) is 23.9 Å². The van der Waals surface area contributed by atoms with E-state index in [2.05, 4.69) is 36.1 Å². The average molecular weight is 585 g/mol.